The molecule has 1 aliphatic rings. The molecular formula is C16H24BrN. The molecule has 0 radical (unpaired) electrons. The Bertz CT molecular complexity index is 368. The number of benzene rings is 1. The van der Waals surface area contributed by atoms with Crippen molar-refractivity contribution in [2.24, 2.45) is 0 Å². The number of aryl methyl sites for hydroxylation is 2. The predicted octanol–water partition coefficient (Wildman–Crippen LogP) is 4.44. The van der Waals surface area contributed by atoms with Gasteiger partial charge >= 0.3 is 0 Å². The Kier molecular flexibility index (Phi) is 5.25. The van der Waals surface area contributed by atoms with E-state index in [9.17, 15) is 0 Å². The maximum absolute atomic E-state index is 3.69. The van der Waals surface area contributed by atoms with Crippen LogP contribution >= 0.6 is 15.9 Å². The third-order valence-electron chi connectivity index (χ3n) is 3.84. The van der Waals surface area contributed by atoms with Crippen molar-refractivity contribution in [3.8, 4) is 0 Å². The fraction of sp³-hybridized carbons (Fsp3) is 0.625. The molecule has 18 heavy (non-hydrogen) atoms. The minimum Gasteiger partial charge on any atom is -0.295 e. The van der Waals surface area contributed by atoms with Crippen LogP contribution in [0.1, 0.15) is 42.4 Å². The summed E-state index contributed by atoms with van der Waals surface area (Å²) in [5.74, 6) is 0. The average molecular weight is 310 g/mol. The normalized spacial score (nSPS) is 21.8. The molecule has 1 unspecified atom stereocenters. The maximum Gasteiger partial charge on any atom is 0.0237 e. The summed E-state index contributed by atoms with van der Waals surface area (Å²) in [4.78, 5) is 2.66. The van der Waals surface area contributed by atoms with Gasteiger partial charge in [-0.05, 0) is 38.8 Å². The largest absolute Gasteiger partial charge is 0.295 e. The Morgan fingerprint density at radius 2 is 1.83 bits per heavy atom. The number of hydrogen-bond donors (Lipinski definition) is 0. The molecule has 1 heterocycles. The molecule has 100 valence electrons. The highest BCUT2D eigenvalue weighted by Crippen LogP contribution is 2.21. The summed E-state index contributed by atoms with van der Waals surface area (Å²) in [6, 6.07) is 7.65. The summed E-state index contributed by atoms with van der Waals surface area (Å²) in [5, 5.41) is 1.11. The number of likely N-dealkylation sites (tertiary alicyclic amines) is 1. The molecule has 1 aromatic rings. The van der Waals surface area contributed by atoms with Gasteiger partial charge in [0.2, 0.25) is 0 Å². The summed E-state index contributed by atoms with van der Waals surface area (Å²) < 4.78 is 0. The lowest BCUT2D eigenvalue weighted by Crippen LogP contribution is -2.35. The third-order valence-corrected chi connectivity index (χ3v) is 4.59. The van der Waals surface area contributed by atoms with Crippen LogP contribution in [0.25, 0.3) is 0 Å². The van der Waals surface area contributed by atoms with Gasteiger partial charge in [-0.1, -0.05) is 58.1 Å². The van der Waals surface area contributed by atoms with E-state index in [1.807, 2.05) is 0 Å². The van der Waals surface area contributed by atoms with Gasteiger partial charge in [-0.25, -0.2) is 0 Å². The molecule has 0 saturated carbocycles. The second-order valence-electron chi connectivity index (χ2n) is 5.62. The molecule has 0 bridgehead atoms. The minimum atomic E-state index is 0.716. The van der Waals surface area contributed by atoms with E-state index < -0.39 is 0 Å². The molecule has 0 amide bonds. The van der Waals surface area contributed by atoms with Crippen LogP contribution in [0, 0.1) is 13.8 Å². The van der Waals surface area contributed by atoms with Crippen molar-refractivity contribution in [2.75, 3.05) is 11.9 Å². The average Bonchev–Trinajstić information content (AvgIpc) is 2.52. The molecule has 1 saturated heterocycles. The molecule has 1 fully saturated rings. The van der Waals surface area contributed by atoms with E-state index in [1.165, 1.54) is 48.9 Å². The molecule has 1 aromatic carbocycles. The zero-order valence-corrected chi connectivity index (χ0v) is 13.2. The van der Waals surface area contributed by atoms with Crippen molar-refractivity contribution in [2.45, 2.75) is 52.1 Å². The van der Waals surface area contributed by atoms with Crippen LogP contribution < -0.4 is 0 Å². The highest BCUT2D eigenvalue weighted by Gasteiger charge is 2.19. The Morgan fingerprint density at radius 1 is 1.11 bits per heavy atom. The first-order valence-corrected chi connectivity index (χ1v) is 8.18. The van der Waals surface area contributed by atoms with E-state index in [0.717, 1.165) is 11.9 Å². The van der Waals surface area contributed by atoms with Crippen molar-refractivity contribution >= 4 is 15.9 Å². The second kappa shape index (κ2) is 6.72. The topological polar surface area (TPSA) is 3.24 Å². The van der Waals surface area contributed by atoms with Crippen LogP contribution in [0.4, 0.5) is 0 Å². The molecule has 1 aliphatic heterocycles. The van der Waals surface area contributed by atoms with Gasteiger partial charge in [-0.2, -0.15) is 0 Å². The van der Waals surface area contributed by atoms with Crippen LogP contribution in [0.15, 0.2) is 18.2 Å². The lowest BCUT2D eigenvalue weighted by Gasteiger charge is -2.28. The lowest BCUT2D eigenvalue weighted by atomic mass is 10.1. The lowest BCUT2D eigenvalue weighted by molar-refractivity contribution is 0.209. The van der Waals surface area contributed by atoms with Crippen LogP contribution in [-0.4, -0.2) is 22.8 Å². The van der Waals surface area contributed by atoms with Crippen molar-refractivity contribution in [3.63, 3.8) is 0 Å². The number of hydrogen-bond acceptors (Lipinski definition) is 1. The highest BCUT2D eigenvalue weighted by molar-refractivity contribution is 9.09. The van der Waals surface area contributed by atoms with E-state index in [-0.39, 0.29) is 0 Å². The standard InChI is InChI=1S/C16H24BrN/c1-13-8-14(2)10-15(9-13)12-18-7-5-3-4-6-16(18)11-17/h8-10,16H,3-7,11-12H2,1-2H3. The molecule has 1 nitrogen and oxygen atoms in total. The Balaban J connectivity index is 2.09. The van der Waals surface area contributed by atoms with E-state index >= 15 is 0 Å². The van der Waals surface area contributed by atoms with Crippen molar-refractivity contribution in [1.29, 1.82) is 0 Å². The fourth-order valence-corrected chi connectivity index (χ4v) is 3.75. The summed E-state index contributed by atoms with van der Waals surface area (Å²) in [7, 11) is 0. The van der Waals surface area contributed by atoms with Crippen molar-refractivity contribution < 1.29 is 0 Å². The van der Waals surface area contributed by atoms with Gasteiger partial charge in [0.15, 0.2) is 0 Å². The van der Waals surface area contributed by atoms with Gasteiger partial charge in [0, 0.05) is 17.9 Å². The molecule has 1 atom stereocenters. The molecule has 0 spiro atoms. The van der Waals surface area contributed by atoms with E-state index in [1.54, 1.807) is 0 Å². The van der Waals surface area contributed by atoms with Gasteiger partial charge in [0.25, 0.3) is 0 Å². The van der Waals surface area contributed by atoms with Crippen LogP contribution in [-0.2, 0) is 6.54 Å². The zero-order valence-electron chi connectivity index (χ0n) is 11.6. The fourth-order valence-electron chi connectivity index (χ4n) is 3.01. The Morgan fingerprint density at radius 3 is 2.50 bits per heavy atom. The first-order valence-electron chi connectivity index (χ1n) is 7.06. The SMILES string of the molecule is Cc1cc(C)cc(CN2CCCCCC2CBr)c1. The van der Waals surface area contributed by atoms with E-state index in [0.29, 0.717) is 6.04 Å². The summed E-state index contributed by atoms with van der Waals surface area (Å²) in [6.07, 6.45) is 5.48. The van der Waals surface area contributed by atoms with Gasteiger partial charge in [0.05, 0.1) is 0 Å². The van der Waals surface area contributed by atoms with Gasteiger partial charge in [-0.3, -0.25) is 4.90 Å². The molecule has 0 aromatic heterocycles. The zero-order chi connectivity index (χ0) is 13.0. The number of alkyl halides is 1. The minimum absolute atomic E-state index is 0.716. The number of halogens is 1. The second-order valence-corrected chi connectivity index (χ2v) is 6.27. The Labute approximate surface area is 120 Å². The van der Waals surface area contributed by atoms with E-state index in [4.69, 9.17) is 0 Å². The first kappa shape index (κ1) is 14.1. The van der Waals surface area contributed by atoms with Gasteiger partial charge in [-0.15, -0.1) is 0 Å². The Hall–Kier alpha value is -0.340. The predicted molar refractivity (Wildman–Crippen MR) is 82.4 cm³/mol. The van der Waals surface area contributed by atoms with Gasteiger partial charge in [0.1, 0.15) is 0 Å². The van der Waals surface area contributed by atoms with Gasteiger partial charge < -0.3 is 0 Å². The van der Waals surface area contributed by atoms with Crippen LogP contribution in [0.2, 0.25) is 0 Å². The number of rotatable bonds is 3. The van der Waals surface area contributed by atoms with Crippen LogP contribution in [0.3, 0.4) is 0 Å². The number of nitrogens with zero attached hydrogens (tertiary/aromatic N) is 1. The molecule has 2 rings (SSSR count). The molecule has 2 heteroatoms. The first-order chi connectivity index (χ1) is 8.69. The van der Waals surface area contributed by atoms with Crippen molar-refractivity contribution in [3.05, 3.63) is 34.9 Å². The quantitative estimate of drug-likeness (QED) is 0.746. The third kappa shape index (κ3) is 3.83. The van der Waals surface area contributed by atoms with E-state index in [2.05, 4.69) is 52.9 Å². The molecular weight excluding hydrogens is 286 g/mol. The monoisotopic (exact) mass is 309 g/mol. The maximum atomic E-state index is 3.69. The smallest absolute Gasteiger partial charge is 0.0237 e. The summed E-state index contributed by atoms with van der Waals surface area (Å²) in [5.41, 5.74) is 4.24. The summed E-state index contributed by atoms with van der Waals surface area (Å²) >= 11 is 3.69. The van der Waals surface area contributed by atoms with Crippen LogP contribution in [0.5, 0.6) is 0 Å². The molecule has 0 N–H and O–H groups in total. The van der Waals surface area contributed by atoms with Crippen molar-refractivity contribution in [1.82, 2.24) is 4.90 Å². The molecule has 0 aliphatic carbocycles. The summed E-state index contributed by atoms with van der Waals surface area (Å²) in [6.45, 7) is 6.75. The highest BCUT2D eigenvalue weighted by atomic mass is 79.9.